The Morgan fingerprint density at radius 1 is 1.17 bits per heavy atom. The van der Waals surface area contributed by atoms with Gasteiger partial charge in [0.15, 0.2) is 0 Å². The number of likely N-dealkylation sites (tertiary alicyclic amines) is 1. The molecule has 2 heterocycles. The Labute approximate surface area is 139 Å². The van der Waals surface area contributed by atoms with E-state index < -0.39 is 10.0 Å². The molecule has 0 aromatic heterocycles. The van der Waals surface area contributed by atoms with Crippen LogP contribution < -0.4 is 0 Å². The number of ether oxygens (including phenoxy) is 1. The molecule has 6 heteroatoms. The highest BCUT2D eigenvalue weighted by Gasteiger charge is 2.41. The number of hydrogen-bond acceptors (Lipinski definition) is 4. The average Bonchev–Trinajstić information content (AvgIpc) is 3.18. The summed E-state index contributed by atoms with van der Waals surface area (Å²) in [5.41, 5.74) is 1.06. The number of hydrogen-bond donors (Lipinski definition) is 0. The Morgan fingerprint density at radius 2 is 1.83 bits per heavy atom. The largest absolute Gasteiger partial charge is 0.380 e. The first-order chi connectivity index (χ1) is 11.0. The Kier molecular flexibility index (Phi) is 5.06. The van der Waals surface area contributed by atoms with Crippen molar-refractivity contribution >= 4 is 10.0 Å². The first-order valence-electron chi connectivity index (χ1n) is 8.34. The van der Waals surface area contributed by atoms with Gasteiger partial charge in [-0.2, -0.15) is 4.31 Å². The van der Waals surface area contributed by atoms with Crippen LogP contribution in [0, 0.1) is 6.92 Å². The van der Waals surface area contributed by atoms with Crippen LogP contribution in [-0.4, -0.2) is 63.1 Å². The number of methoxy groups -OCH3 is 1. The quantitative estimate of drug-likeness (QED) is 0.822. The zero-order valence-electron chi connectivity index (χ0n) is 13.9. The summed E-state index contributed by atoms with van der Waals surface area (Å²) in [6, 6.07) is 7.12. The van der Waals surface area contributed by atoms with Gasteiger partial charge in [-0.15, -0.1) is 0 Å². The second-order valence-corrected chi connectivity index (χ2v) is 8.53. The third-order valence-electron chi connectivity index (χ3n) is 4.95. The molecule has 0 N–H and O–H groups in total. The van der Waals surface area contributed by atoms with E-state index in [4.69, 9.17) is 4.74 Å². The third-order valence-corrected chi connectivity index (χ3v) is 6.89. The fourth-order valence-corrected chi connectivity index (χ4v) is 5.24. The highest BCUT2D eigenvalue weighted by atomic mass is 32.2. The molecule has 2 aliphatic heterocycles. The summed E-state index contributed by atoms with van der Waals surface area (Å²) in [6.45, 7) is 5.37. The van der Waals surface area contributed by atoms with Crippen LogP contribution in [0.3, 0.4) is 0 Å². The van der Waals surface area contributed by atoms with E-state index in [2.05, 4.69) is 4.90 Å². The molecule has 3 rings (SSSR count). The summed E-state index contributed by atoms with van der Waals surface area (Å²) in [5.74, 6) is 0. The average molecular weight is 338 g/mol. The number of rotatable bonds is 5. The molecular weight excluding hydrogens is 312 g/mol. The molecule has 0 spiro atoms. The molecule has 0 unspecified atom stereocenters. The van der Waals surface area contributed by atoms with Crippen molar-refractivity contribution in [1.82, 2.24) is 9.21 Å². The minimum atomic E-state index is -3.46. The van der Waals surface area contributed by atoms with Crippen LogP contribution in [0.25, 0.3) is 0 Å². The summed E-state index contributed by atoms with van der Waals surface area (Å²) >= 11 is 0. The van der Waals surface area contributed by atoms with E-state index in [1.807, 2.05) is 19.1 Å². The van der Waals surface area contributed by atoms with Crippen LogP contribution in [0.5, 0.6) is 0 Å². The van der Waals surface area contributed by atoms with Crippen LogP contribution >= 0.6 is 0 Å². The van der Waals surface area contributed by atoms with Gasteiger partial charge in [0.25, 0.3) is 0 Å². The van der Waals surface area contributed by atoms with Crippen LogP contribution in [-0.2, 0) is 14.8 Å². The van der Waals surface area contributed by atoms with Gasteiger partial charge in [0, 0.05) is 26.2 Å². The van der Waals surface area contributed by atoms with Gasteiger partial charge < -0.3 is 9.64 Å². The lowest BCUT2D eigenvalue weighted by Crippen LogP contribution is -2.42. The molecular formula is C17H26N2O3S. The van der Waals surface area contributed by atoms with Crippen LogP contribution in [0.15, 0.2) is 29.2 Å². The zero-order chi connectivity index (χ0) is 16.4. The van der Waals surface area contributed by atoms with E-state index in [1.54, 1.807) is 23.5 Å². The SMILES string of the molecule is CO[C@H]1C[C@@H](CN2CCCC2)N(S(=O)(=O)c2ccc(C)cc2)C1. The Bertz CT molecular complexity index is 624. The molecule has 0 amide bonds. The smallest absolute Gasteiger partial charge is 0.243 e. The van der Waals surface area contributed by atoms with Crippen LogP contribution in [0.4, 0.5) is 0 Å². The van der Waals surface area contributed by atoms with Gasteiger partial charge in [0.05, 0.1) is 11.0 Å². The van der Waals surface area contributed by atoms with E-state index in [1.165, 1.54) is 12.8 Å². The van der Waals surface area contributed by atoms with Gasteiger partial charge in [-0.05, 0) is 51.4 Å². The highest BCUT2D eigenvalue weighted by molar-refractivity contribution is 7.89. The summed E-state index contributed by atoms with van der Waals surface area (Å²) in [6.07, 6.45) is 3.19. The van der Waals surface area contributed by atoms with Gasteiger partial charge >= 0.3 is 0 Å². The standard InChI is InChI=1S/C17H26N2O3S/c1-14-5-7-17(8-6-14)23(20,21)19-13-16(22-2)11-15(19)12-18-9-3-4-10-18/h5-8,15-16H,3-4,9-13H2,1-2H3/t15-,16-/m0/s1. The molecule has 0 bridgehead atoms. The van der Waals surface area contributed by atoms with E-state index in [0.29, 0.717) is 11.4 Å². The fraction of sp³-hybridized carbons (Fsp3) is 0.647. The predicted molar refractivity (Wildman–Crippen MR) is 89.9 cm³/mol. The lowest BCUT2D eigenvalue weighted by molar-refractivity contribution is 0.113. The maximum Gasteiger partial charge on any atom is 0.243 e. The van der Waals surface area contributed by atoms with Gasteiger partial charge in [-0.3, -0.25) is 0 Å². The maximum absolute atomic E-state index is 13.0. The second-order valence-electron chi connectivity index (χ2n) is 6.64. The Hall–Kier alpha value is -0.950. The monoisotopic (exact) mass is 338 g/mol. The first kappa shape index (κ1) is 16.9. The fourth-order valence-electron chi connectivity index (χ4n) is 3.58. The zero-order valence-corrected chi connectivity index (χ0v) is 14.8. The number of sulfonamides is 1. The molecule has 128 valence electrons. The molecule has 2 fully saturated rings. The minimum absolute atomic E-state index is 0.00403. The minimum Gasteiger partial charge on any atom is -0.380 e. The summed E-state index contributed by atoms with van der Waals surface area (Å²) in [7, 11) is -1.80. The second kappa shape index (κ2) is 6.89. The molecule has 2 aliphatic rings. The number of nitrogens with zero attached hydrogens (tertiary/aromatic N) is 2. The lowest BCUT2D eigenvalue weighted by atomic mass is 10.2. The van der Waals surface area contributed by atoms with Gasteiger partial charge in [-0.25, -0.2) is 8.42 Å². The van der Waals surface area contributed by atoms with Crippen LogP contribution in [0.2, 0.25) is 0 Å². The molecule has 2 saturated heterocycles. The molecule has 23 heavy (non-hydrogen) atoms. The predicted octanol–water partition coefficient (Wildman–Crippen LogP) is 1.87. The van der Waals surface area contributed by atoms with Gasteiger partial charge in [0.2, 0.25) is 10.0 Å². The number of benzene rings is 1. The summed E-state index contributed by atoms with van der Waals surface area (Å²) < 4.78 is 33.2. The van der Waals surface area contributed by atoms with E-state index in [9.17, 15) is 8.42 Å². The van der Waals surface area contributed by atoms with E-state index in [0.717, 1.165) is 31.6 Å². The van der Waals surface area contributed by atoms with Gasteiger partial charge in [0.1, 0.15) is 0 Å². The van der Waals surface area contributed by atoms with E-state index >= 15 is 0 Å². The van der Waals surface area contributed by atoms with Crippen molar-refractivity contribution in [2.45, 2.75) is 43.2 Å². The lowest BCUT2D eigenvalue weighted by Gasteiger charge is -2.27. The summed E-state index contributed by atoms with van der Waals surface area (Å²) in [4.78, 5) is 2.76. The Morgan fingerprint density at radius 3 is 2.43 bits per heavy atom. The Balaban J connectivity index is 1.82. The van der Waals surface area contributed by atoms with Crippen molar-refractivity contribution in [3.8, 4) is 0 Å². The molecule has 1 aromatic rings. The van der Waals surface area contributed by atoms with Crippen LogP contribution in [0.1, 0.15) is 24.8 Å². The van der Waals surface area contributed by atoms with Gasteiger partial charge in [-0.1, -0.05) is 17.7 Å². The third kappa shape index (κ3) is 3.60. The molecule has 1 aromatic carbocycles. The molecule has 0 radical (unpaired) electrons. The van der Waals surface area contributed by atoms with Crippen molar-refractivity contribution in [1.29, 1.82) is 0 Å². The first-order valence-corrected chi connectivity index (χ1v) is 9.78. The highest BCUT2D eigenvalue weighted by Crippen LogP contribution is 2.29. The van der Waals surface area contributed by atoms with Crippen molar-refractivity contribution < 1.29 is 13.2 Å². The van der Waals surface area contributed by atoms with Crippen molar-refractivity contribution in [2.24, 2.45) is 0 Å². The van der Waals surface area contributed by atoms with Crippen molar-refractivity contribution in [3.05, 3.63) is 29.8 Å². The van der Waals surface area contributed by atoms with E-state index in [-0.39, 0.29) is 12.1 Å². The molecule has 2 atom stereocenters. The molecule has 0 saturated carbocycles. The normalized spacial score (nSPS) is 26.9. The molecule has 0 aliphatic carbocycles. The molecule has 5 nitrogen and oxygen atoms in total. The van der Waals surface area contributed by atoms with Crippen molar-refractivity contribution in [2.75, 3.05) is 33.3 Å². The summed E-state index contributed by atoms with van der Waals surface area (Å²) in [5, 5.41) is 0. The topological polar surface area (TPSA) is 49.9 Å². The van der Waals surface area contributed by atoms with Crippen molar-refractivity contribution in [3.63, 3.8) is 0 Å². The maximum atomic E-state index is 13.0. The number of aryl methyl sites for hydroxylation is 1.